The molecule has 1 N–H and O–H groups in total. The maximum Gasteiger partial charge on any atom is 0.269 e. The van der Waals surface area contributed by atoms with Gasteiger partial charge >= 0.3 is 0 Å². The number of hydrazone groups is 1. The summed E-state index contributed by atoms with van der Waals surface area (Å²) in [4.78, 5) is 22.6. The zero-order valence-corrected chi connectivity index (χ0v) is 18.8. The summed E-state index contributed by atoms with van der Waals surface area (Å²) < 4.78 is 2.19. The van der Waals surface area contributed by atoms with Crippen molar-refractivity contribution in [1.82, 2.24) is 20.2 Å². The molecule has 170 valence electrons. The van der Waals surface area contributed by atoms with Gasteiger partial charge < -0.3 is 0 Å². The molecule has 1 aromatic heterocycles. The molecule has 4 rings (SSSR count). The van der Waals surface area contributed by atoms with Crippen molar-refractivity contribution in [3.05, 3.63) is 70.3 Å². The number of rotatable bonds is 8. The van der Waals surface area contributed by atoms with Gasteiger partial charge in [0.25, 0.3) is 11.6 Å². The van der Waals surface area contributed by atoms with Crippen LogP contribution in [0, 0.1) is 10.1 Å². The lowest BCUT2D eigenvalue weighted by atomic mass is 9.95. The van der Waals surface area contributed by atoms with Gasteiger partial charge in [-0.15, -0.1) is 10.2 Å². The maximum absolute atomic E-state index is 12.3. The van der Waals surface area contributed by atoms with E-state index in [1.165, 1.54) is 49.4 Å². The topological polar surface area (TPSA) is 115 Å². The van der Waals surface area contributed by atoms with Crippen LogP contribution in [0.1, 0.15) is 43.7 Å². The summed E-state index contributed by atoms with van der Waals surface area (Å²) in [6.07, 6.45) is 7.22. The summed E-state index contributed by atoms with van der Waals surface area (Å²) >= 11 is 1.34. The average molecular weight is 465 g/mol. The Kier molecular flexibility index (Phi) is 7.46. The summed E-state index contributed by atoms with van der Waals surface area (Å²) in [6.45, 7) is 0. The molecule has 2 aromatic carbocycles. The molecule has 0 saturated heterocycles. The van der Waals surface area contributed by atoms with Gasteiger partial charge in [0.2, 0.25) is 0 Å². The lowest BCUT2D eigenvalue weighted by molar-refractivity contribution is -0.384. The van der Waals surface area contributed by atoms with Gasteiger partial charge in [0.1, 0.15) is 0 Å². The fourth-order valence-electron chi connectivity index (χ4n) is 3.85. The molecule has 0 unspecified atom stereocenters. The number of nitro benzene ring substituents is 1. The van der Waals surface area contributed by atoms with Crippen LogP contribution in [0.25, 0.3) is 11.4 Å². The van der Waals surface area contributed by atoms with Crippen molar-refractivity contribution in [2.45, 2.75) is 43.3 Å². The SMILES string of the molecule is O=C(CSc1nnc(-c2ccccc2)n1C1CCCCC1)N/N=C\c1ccc([N+](=O)[O-])cc1. The highest BCUT2D eigenvalue weighted by atomic mass is 32.2. The average Bonchev–Trinajstić information content (AvgIpc) is 3.28. The first-order chi connectivity index (χ1) is 16.1. The Bertz CT molecular complexity index is 1120. The second kappa shape index (κ2) is 10.9. The van der Waals surface area contributed by atoms with E-state index in [2.05, 4.69) is 25.3 Å². The number of carbonyl (C=O) groups excluding carboxylic acids is 1. The van der Waals surface area contributed by atoms with Gasteiger partial charge in [-0.05, 0) is 30.5 Å². The number of hydrogen-bond donors (Lipinski definition) is 1. The molecule has 1 amide bonds. The Hall–Kier alpha value is -3.53. The Balaban J connectivity index is 1.40. The van der Waals surface area contributed by atoms with E-state index in [9.17, 15) is 14.9 Å². The van der Waals surface area contributed by atoms with E-state index in [1.807, 2.05) is 30.3 Å². The van der Waals surface area contributed by atoms with Crippen molar-refractivity contribution in [3.8, 4) is 11.4 Å². The Morgan fingerprint density at radius 3 is 2.55 bits per heavy atom. The predicted octanol–water partition coefficient (Wildman–Crippen LogP) is 4.60. The minimum atomic E-state index is -0.463. The van der Waals surface area contributed by atoms with Crippen LogP contribution in [-0.4, -0.2) is 37.6 Å². The van der Waals surface area contributed by atoms with Crippen LogP contribution in [0.15, 0.2) is 64.9 Å². The number of nitro groups is 1. The van der Waals surface area contributed by atoms with Gasteiger partial charge in [-0.3, -0.25) is 19.5 Å². The van der Waals surface area contributed by atoms with Gasteiger partial charge in [0, 0.05) is 23.7 Å². The van der Waals surface area contributed by atoms with E-state index >= 15 is 0 Å². The van der Waals surface area contributed by atoms with Gasteiger partial charge in [-0.25, -0.2) is 5.43 Å². The fourth-order valence-corrected chi connectivity index (χ4v) is 4.65. The predicted molar refractivity (Wildman–Crippen MR) is 127 cm³/mol. The number of thioether (sulfide) groups is 1. The first-order valence-corrected chi connectivity index (χ1v) is 11.8. The smallest absolute Gasteiger partial charge is 0.269 e. The third-order valence-electron chi connectivity index (χ3n) is 5.48. The van der Waals surface area contributed by atoms with Gasteiger partial charge in [0.05, 0.1) is 16.9 Å². The van der Waals surface area contributed by atoms with E-state index in [0.717, 1.165) is 29.4 Å². The molecule has 1 heterocycles. The van der Waals surface area contributed by atoms with Crippen LogP contribution < -0.4 is 5.43 Å². The molecule has 0 aliphatic heterocycles. The highest BCUT2D eigenvalue weighted by molar-refractivity contribution is 7.99. The molecule has 9 nitrogen and oxygen atoms in total. The highest BCUT2D eigenvalue weighted by Gasteiger charge is 2.24. The number of amides is 1. The summed E-state index contributed by atoms with van der Waals surface area (Å²) in [7, 11) is 0. The molecule has 0 atom stereocenters. The van der Waals surface area contributed by atoms with Crippen molar-refractivity contribution in [2.24, 2.45) is 5.10 Å². The normalized spacial score (nSPS) is 14.4. The molecule has 3 aromatic rings. The quantitative estimate of drug-likeness (QED) is 0.225. The Morgan fingerprint density at radius 1 is 1.12 bits per heavy atom. The minimum Gasteiger partial charge on any atom is -0.299 e. The molecule has 33 heavy (non-hydrogen) atoms. The molecule has 1 aliphatic rings. The lowest BCUT2D eigenvalue weighted by Crippen LogP contribution is -2.20. The number of nitrogens with one attached hydrogen (secondary N) is 1. The molecule has 0 radical (unpaired) electrons. The molecular weight excluding hydrogens is 440 g/mol. The van der Waals surface area contributed by atoms with Gasteiger partial charge in [-0.1, -0.05) is 61.4 Å². The third-order valence-corrected chi connectivity index (χ3v) is 6.42. The largest absolute Gasteiger partial charge is 0.299 e. The minimum absolute atomic E-state index is 0.00420. The van der Waals surface area contributed by atoms with Crippen LogP contribution >= 0.6 is 11.8 Å². The lowest BCUT2D eigenvalue weighted by Gasteiger charge is -2.25. The number of non-ortho nitro benzene ring substituents is 1. The third kappa shape index (κ3) is 5.83. The summed E-state index contributed by atoms with van der Waals surface area (Å²) in [6, 6.07) is 16.2. The monoisotopic (exact) mass is 464 g/mol. The van der Waals surface area contributed by atoms with Crippen molar-refractivity contribution < 1.29 is 9.72 Å². The molecule has 10 heteroatoms. The van der Waals surface area contributed by atoms with Crippen LogP contribution in [0.4, 0.5) is 5.69 Å². The van der Waals surface area contributed by atoms with Crippen molar-refractivity contribution in [2.75, 3.05) is 5.75 Å². The first kappa shape index (κ1) is 22.7. The van der Waals surface area contributed by atoms with E-state index < -0.39 is 4.92 Å². The molecule has 1 fully saturated rings. The molecule has 0 bridgehead atoms. The van der Waals surface area contributed by atoms with Crippen molar-refractivity contribution in [1.29, 1.82) is 0 Å². The van der Waals surface area contributed by atoms with E-state index in [1.54, 1.807) is 12.1 Å². The highest BCUT2D eigenvalue weighted by Crippen LogP contribution is 2.35. The molecule has 1 saturated carbocycles. The Morgan fingerprint density at radius 2 is 1.85 bits per heavy atom. The zero-order valence-electron chi connectivity index (χ0n) is 18.0. The number of hydrogen-bond acceptors (Lipinski definition) is 7. The zero-order chi connectivity index (χ0) is 23.0. The summed E-state index contributed by atoms with van der Waals surface area (Å²) in [5, 5.41) is 24.2. The van der Waals surface area contributed by atoms with Crippen LogP contribution in [-0.2, 0) is 4.79 Å². The molecule has 0 spiro atoms. The standard InChI is InChI=1S/C23H24N6O3S/c30-21(25-24-15-17-11-13-20(14-12-17)29(31)32)16-33-23-27-26-22(18-7-3-1-4-8-18)28(23)19-9-5-2-6-10-19/h1,3-4,7-8,11-15,19H,2,5-6,9-10,16H2,(H,25,30)/b24-15-. The second-order valence-corrected chi connectivity index (χ2v) is 8.71. The van der Waals surface area contributed by atoms with Crippen molar-refractivity contribution >= 4 is 29.6 Å². The maximum atomic E-state index is 12.3. The fraction of sp³-hybridized carbons (Fsp3) is 0.304. The molecule has 1 aliphatic carbocycles. The first-order valence-electron chi connectivity index (χ1n) is 10.8. The second-order valence-electron chi connectivity index (χ2n) is 7.76. The number of nitrogens with zero attached hydrogens (tertiary/aromatic N) is 5. The number of benzene rings is 2. The van der Waals surface area contributed by atoms with Gasteiger partial charge in [0.15, 0.2) is 11.0 Å². The summed E-state index contributed by atoms with van der Waals surface area (Å²) in [5.41, 5.74) is 4.16. The van der Waals surface area contributed by atoms with E-state index in [4.69, 9.17) is 0 Å². The summed E-state index contributed by atoms with van der Waals surface area (Å²) in [5.74, 6) is 0.719. The van der Waals surface area contributed by atoms with Crippen LogP contribution in [0.5, 0.6) is 0 Å². The van der Waals surface area contributed by atoms with E-state index in [0.29, 0.717) is 11.6 Å². The van der Waals surface area contributed by atoms with Crippen LogP contribution in [0.3, 0.4) is 0 Å². The van der Waals surface area contributed by atoms with Gasteiger partial charge in [-0.2, -0.15) is 5.10 Å². The van der Waals surface area contributed by atoms with Crippen molar-refractivity contribution in [3.63, 3.8) is 0 Å². The number of aromatic nitrogens is 3. The number of carbonyl (C=O) groups is 1. The van der Waals surface area contributed by atoms with E-state index in [-0.39, 0.29) is 17.3 Å². The van der Waals surface area contributed by atoms with Crippen LogP contribution in [0.2, 0.25) is 0 Å². The molecular formula is C23H24N6O3S. The Labute approximate surface area is 195 Å².